The number of amides is 1. The molecule has 0 rings (SSSR count). The van der Waals surface area contributed by atoms with Crippen LogP contribution in [0, 0.1) is 5.92 Å². The molecule has 0 aromatic heterocycles. The number of hydrogen-bond acceptors (Lipinski definition) is 4. The highest BCUT2D eigenvalue weighted by Crippen LogP contribution is 2.07. The summed E-state index contributed by atoms with van der Waals surface area (Å²) < 4.78 is 30.8. The number of rotatable bonds is 12. The van der Waals surface area contributed by atoms with Crippen molar-refractivity contribution >= 4 is 15.9 Å². The molecule has 0 radical (unpaired) electrons. The van der Waals surface area contributed by atoms with Gasteiger partial charge in [-0.05, 0) is 26.7 Å². The third-order valence-corrected chi connectivity index (χ3v) is 4.38. The summed E-state index contributed by atoms with van der Waals surface area (Å²) in [4.78, 5) is 11.3. The zero-order valence-corrected chi connectivity index (χ0v) is 14.7. The van der Waals surface area contributed by atoms with E-state index in [9.17, 15) is 13.2 Å². The first kappa shape index (κ1) is 20.4. The van der Waals surface area contributed by atoms with Crippen molar-refractivity contribution in [1.82, 2.24) is 4.72 Å². The Bertz CT molecular complexity index is 377. The Balaban J connectivity index is 3.56. The van der Waals surface area contributed by atoms with Gasteiger partial charge in [-0.1, -0.05) is 39.5 Å². The van der Waals surface area contributed by atoms with Crippen LogP contribution in [0.4, 0.5) is 0 Å². The van der Waals surface area contributed by atoms with Gasteiger partial charge < -0.3 is 4.74 Å². The summed E-state index contributed by atoms with van der Waals surface area (Å²) in [6.07, 6.45) is 6.06. The van der Waals surface area contributed by atoms with Crippen molar-refractivity contribution in [3.05, 3.63) is 0 Å². The third kappa shape index (κ3) is 12.8. The minimum atomic E-state index is -3.46. The molecule has 5 nitrogen and oxygen atoms in total. The number of nitrogens with one attached hydrogen (secondary N) is 1. The molecule has 0 fully saturated rings. The maximum absolute atomic E-state index is 11.6. The highest BCUT2D eigenvalue weighted by Gasteiger charge is 2.16. The lowest BCUT2D eigenvalue weighted by molar-refractivity contribution is -0.122. The second-order valence-electron chi connectivity index (χ2n) is 5.98. The standard InChI is InChI=1S/C15H31NO4S/c1-13(2)15(17)16-21(18,19)12-10-8-6-5-7-9-11-20-14(3)4/h13-14H,5-12H2,1-4H3,(H,16,17). The van der Waals surface area contributed by atoms with E-state index in [1.807, 2.05) is 13.8 Å². The maximum atomic E-state index is 11.6. The molecule has 0 aromatic rings. The fourth-order valence-electron chi connectivity index (χ4n) is 1.74. The summed E-state index contributed by atoms with van der Waals surface area (Å²) >= 11 is 0. The van der Waals surface area contributed by atoms with Crippen LogP contribution in [0.3, 0.4) is 0 Å². The van der Waals surface area contributed by atoms with Gasteiger partial charge in [0.2, 0.25) is 15.9 Å². The first-order valence-corrected chi connectivity index (χ1v) is 9.55. The highest BCUT2D eigenvalue weighted by molar-refractivity contribution is 7.90. The molecule has 0 unspecified atom stereocenters. The molecule has 1 N–H and O–H groups in total. The number of ether oxygens (including phenoxy) is 1. The topological polar surface area (TPSA) is 72.5 Å². The average molecular weight is 321 g/mol. The van der Waals surface area contributed by atoms with Gasteiger partial charge >= 0.3 is 0 Å². The molecule has 126 valence electrons. The molecular formula is C15H31NO4S. The molecule has 0 aliphatic carbocycles. The van der Waals surface area contributed by atoms with Crippen molar-refractivity contribution in [1.29, 1.82) is 0 Å². The van der Waals surface area contributed by atoms with Gasteiger partial charge in [-0.2, -0.15) is 0 Å². The summed E-state index contributed by atoms with van der Waals surface area (Å²) in [5.74, 6) is -0.713. The normalized spacial score (nSPS) is 12.1. The van der Waals surface area contributed by atoms with Gasteiger partial charge in [0.05, 0.1) is 11.9 Å². The molecule has 0 atom stereocenters. The van der Waals surface area contributed by atoms with E-state index < -0.39 is 15.9 Å². The molecule has 0 saturated heterocycles. The van der Waals surface area contributed by atoms with E-state index in [1.54, 1.807) is 13.8 Å². The molecule has 0 aliphatic rings. The fourth-order valence-corrected chi connectivity index (χ4v) is 2.97. The highest BCUT2D eigenvalue weighted by atomic mass is 32.2. The smallest absolute Gasteiger partial charge is 0.235 e. The third-order valence-electron chi connectivity index (χ3n) is 3.04. The average Bonchev–Trinajstić information content (AvgIpc) is 2.35. The maximum Gasteiger partial charge on any atom is 0.235 e. The van der Waals surface area contributed by atoms with E-state index in [0.29, 0.717) is 6.42 Å². The molecule has 0 spiro atoms. The summed E-state index contributed by atoms with van der Waals surface area (Å²) in [6.45, 7) is 8.20. The summed E-state index contributed by atoms with van der Waals surface area (Å²) in [5, 5.41) is 0. The summed E-state index contributed by atoms with van der Waals surface area (Å²) in [6, 6.07) is 0. The van der Waals surface area contributed by atoms with E-state index in [0.717, 1.165) is 38.7 Å². The van der Waals surface area contributed by atoms with Gasteiger partial charge in [0, 0.05) is 12.5 Å². The first-order chi connectivity index (χ1) is 9.74. The predicted octanol–water partition coefficient (Wildman–Crippen LogP) is 2.85. The molecule has 0 saturated carbocycles. The number of hydrogen-bond donors (Lipinski definition) is 1. The number of sulfonamides is 1. The number of unbranched alkanes of at least 4 members (excludes halogenated alkanes) is 5. The van der Waals surface area contributed by atoms with E-state index in [-0.39, 0.29) is 17.8 Å². The van der Waals surface area contributed by atoms with Crippen molar-refractivity contribution in [3.8, 4) is 0 Å². The van der Waals surface area contributed by atoms with E-state index >= 15 is 0 Å². The van der Waals surface area contributed by atoms with Crippen LogP contribution in [0.2, 0.25) is 0 Å². The van der Waals surface area contributed by atoms with Crippen LogP contribution < -0.4 is 4.72 Å². The Morgan fingerprint density at radius 2 is 1.48 bits per heavy atom. The molecule has 0 aliphatic heterocycles. The molecule has 21 heavy (non-hydrogen) atoms. The van der Waals surface area contributed by atoms with Gasteiger partial charge in [0.25, 0.3) is 0 Å². The number of carbonyl (C=O) groups excluding carboxylic acids is 1. The van der Waals surface area contributed by atoms with E-state index in [2.05, 4.69) is 4.72 Å². The minimum absolute atomic E-state index is 0.0297. The zero-order valence-electron chi connectivity index (χ0n) is 13.9. The molecule has 0 bridgehead atoms. The lowest BCUT2D eigenvalue weighted by Gasteiger charge is -2.09. The van der Waals surface area contributed by atoms with Crippen LogP contribution >= 0.6 is 0 Å². The second kappa shape index (κ2) is 11.0. The minimum Gasteiger partial charge on any atom is -0.379 e. The molecule has 6 heteroatoms. The van der Waals surface area contributed by atoms with Gasteiger partial charge in [-0.15, -0.1) is 0 Å². The van der Waals surface area contributed by atoms with E-state index in [1.165, 1.54) is 0 Å². The van der Waals surface area contributed by atoms with E-state index in [4.69, 9.17) is 4.74 Å². The van der Waals surface area contributed by atoms with Crippen LogP contribution in [0.15, 0.2) is 0 Å². The molecular weight excluding hydrogens is 290 g/mol. The monoisotopic (exact) mass is 321 g/mol. The van der Waals surface area contributed by atoms with Crippen LogP contribution in [0.5, 0.6) is 0 Å². The predicted molar refractivity (Wildman–Crippen MR) is 85.6 cm³/mol. The van der Waals surface area contributed by atoms with Crippen molar-refractivity contribution in [2.75, 3.05) is 12.4 Å². The van der Waals surface area contributed by atoms with Gasteiger partial charge in [-0.25, -0.2) is 8.42 Å². The first-order valence-electron chi connectivity index (χ1n) is 7.90. The van der Waals surface area contributed by atoms with Crippen molar-refractivity contribution in [3.63, 3.8) is 0 Å². The summed E-state index contributed by atoms with van der Waals surface area (Å²) in [5.41, 5.74) is 0. The fraction of sp³-hybridized carbons (Fsp3) is 0.933. The van der Waals surface area contributed by atoms with Crippen molar-refractivity contribution in [2.24, 2.45) is 5.92 Å². The van der Waals surface area contributed by atoms with Crippen LogP contribution in [-0.4, -0.2) is 32.8 Å². The Morgan fingerprint density at radius 1 is 0.952 bits per heavy atom. The lowest BCUT2D eigenvalue weighted by atomic mass is 10.1. The zero-order chi connectivity index (χ0) is 16.3. The number of carbonyl (C=O) groups is 1. The van der Waals surface area contributed by atoms with Gasteiger partial charge in [0.1, 0.15) is 0 Å². The van der Waals surface area contributed by atoms with Crippen LogP contribution in [-0.2, 0) is 19.6 Å². The Hall–Kier alpha value is -0.620. The quantitative estimate of drug-likeness (QED) is 0.561. The Morgan fingerprint density at radius 3 is 2.00 bits per heavy atom. The van der Waals surface area contributed by atoms with Gasteiger partial charge in [-0.3, -0.25) is 9.52 Å². The Labute approximate surface area is 129 Å². The summed E-state index contributed by atoms with van der Waals surface area (Å²) in [7, 11) is -3.46. The van der Waals surface area contributed by atoms with Crippen LogP contribution in [0.25, 0.3) is 0 Å². The van der Waals surface area contributed by atoms with Gasteiger partial charge in [0.15, 0.2) is 0 Å². The second-order valence-corrected chi connectivity index (χ2v) is 7.82. The Kier molecular flexibility index (Phi) is 10.7. The largest absolute Gasteiger partial charge is 0.379 e. The van der Waals surface area contributed by atoms with Crippen molar-refractivity contribution < 1.29 is 17.9 Å². The van der Waals surface area contributed by atoms with Crippen molar-refractivity contribution in [2.45, 2.75) is 72.3 Å². The lowest BCUT2D eigenvalue weighted by Crippen LogP contribution is -2.35. The van der Waals surface area contributed by atoms with Crippen LogP contribution in [0.1, 0.15) is 66.2 Å². The molecule has 0 aromatic carbocycles. The molecule has 1 amide bonds. The SMILES string of the molecule is CC(C)OCCCCCCCCS(=O)(=O)NC(=O)C(C)C. The molecule has 0 heterocycles.